The van der Waals surface area contributed by atoms with E-state index in [-0.39, 0.29) is 11.7 Å². The van der Waals surface area contributed by atoms with Crippen LogP contribution in [0, 0.1) is 17.6 Å². The molecule has 88 valence electrons. The fraction of sp³-hybridized carbons (Fsp3) is 0.417. The predicted octanol–water partition coefficient (Wildman–Crippen LogP) is 3.34. The minimum absolute atomic E-state index is 0.00896. The normalized spacial score (nSPS) is 12.5. The van der Waals surface area contributed by atoms with Crippen LogP contribution in [0.2, 0.25) is 0 Å². The number of alkyl halides is 1. The van der Waals surface area contributed by atoms with E-state index in [0.717, 1.165) is 6.07 Å². The van der Waals surface area contributed by atoms with Gasteiger partial charge in [0, 0.05) is 17.9 Å². The average molecular weight is 247 g/mol. The molecule has 1 unspecified atom stereocenters. The summed E-state index contributed by atoms with van der Waals surface area (Å²) in [7, 11) is 0. The van der Waals surface area contributed by atoms with Crippen LogP contribution in [-0.4, -0.2) is 11.7 Å². The number of carbonyl (C=O) groups excluding carboxylic acids is 1. The molecule has 0 saturated heterocycles. The van der Waals surface area contributed by atoms with Crippen molar-refractivity contribution >= 4 is 17.4 Å². The summed E-state index contributed by atoms with van der Waals surface area (Å²) in [6, 6.07) is 3.30. The number of rotatable bonds is 5. The van der Waals surface area contributed by atoms with Crippen molar-refractivity contribution in [2.24, 2.45) is 5.92 Å². The molecule has 0 heterocycles. The topological polar surface area (TPSA) is 17.1 Å². The number of hydrogen-bond acceptors (Lipinski definition) is 1. The van der Waals surface area contributed by atoms with Crippen LogP contribution in [-0.2, 0) is 11.2 Å². The Kier molecular flexibility index (Phi) is 4.87. The lowest BCUT2D eigenvalue weighted by Crippen LogP contribution is -2.14. The van der Waals surface area contributed by atoms with E-state index in [0.29, 0.717) is 24.3 Å². The molecule has 0 aliphatic carbocycles. The summed E-state index contributed by atoms with van der Waals surface area (Å²) in [5, 5.41) is 0. The van der Waals surface area contributed by atoms with Gasteiger partial charge in [-0.15, -0.1) is 11.6 Å². The van der Waals surface area contributed by atoms with E-state index < -0.39 is 11.6 Å². The summed E-state index contributed by atoms with van der Waals surface area (Å²) in [5.41, 5.74) is 0.489. The number of benzene rings is 1. The summed E-state index contributed by atoms with van der Waals surface area (Å²) in [4.78, 5) is 11.3. The van der Waals surface area contributed by atoms with Crippen molar-refractivity contribution in [2.45, 2.75) is 19.8 Å². The van der Waals surface area contributed by atoms with Crippen LogP contribution >= 0.6 is 11.6 Å². The van der Waals surface area contributed by atoms with Crippen LogP contribution in [0.5, 0.6) is 0 Å². The highest BCUT2D eigenvalue weighted by atomic mass is 35.5. The zero-order valence-electron chi connectivity index (χ0n) is 8.97. The molecule has 0 fully saturated rings. The van der Waals surface area contributed by atoms with E-state index >= 15 is 0 Å². The first-order valence-corrected chi connectivity index (χ1v) is 5.57. The van der Waals surface area contributed by atoms with Gasteiger partial charge in [-0.05, 0) is 37.5 Å². The maximum Gasteiger partial charge on any atom is 0.133 e. The summed E-state index contributed by atoms with van der Waals surface area (Å²) >= 11 is 5.57. The molecule has 1 nitrogen and oxygen atoms in total. The Hall–Kier alpha value is -0.960. The first-order chi connectivity index (χ1) is 7.52. The Labute approximate surface area is 98.4 Å². The van der Waals surface area contributed by atoms with Crippen LogP contribution in [0.4, 0.5) is 8.78 Å². The molecule has 0 amide bonds. The maximum atomic E-state index is 12.9. The van der Waals surface area contributed by atoms with Gasteiger partial charge in [0.2, 0.25) is 0 Å². The highest BCUT2D eigenvalue weighted by molar-refractivity contribution is 6.18. The van der Waals surface area contributed by atoms with Crippen molar-refractivity contribution in [3.8, 4) is 0 Å². The molecular formula is C12H13ClF2O. The second-order valence-corrected chi connectivity index (χ2v) is 4.15. The lowest BCUT2D eigenvalue weighted by molar-refractivity contribution is -0.120. The molecule has 4 heteroatoms. The van der Waals surface area contributed by atoms with Gasteiger partial charge in [0.15, 0.2) is 0 Å². The third-order valence-electron chi connectivity index (χ3n) is 2.44. The molecule has 0 bridgehead atoms. The molecule has 0 aromatic heterocycles. The second kappa shape index (κ2) is 5.94. The highest BCUT2D eigenvalue weighted by Gasteiger charge is 2.15. The Morgan fingerprint density at radius 2 is 1.88 bits per heavy atom. The van der Waals surface area contributed by atoms with Crippen molar-refractivity contribution < 1.29 is 13.6 Å². The molecule has 16 heavy (non-hydrogen) atoms. The van der Waals surface area contributed by atoms with Crippen molar-refractivity contribution in [3.05, 3.63) is 35.4 Å². The SMILES string of the molecule is CC(=O)C(CCCl)Cc1cc(F)cc(F)c1. The van der Waals surface area contributed by atoms with Gasteiger partial charge in [0.25, 0.3) is 0 Å². The third-order valence-corrected chi connectivity index (χ3v) is 2.66. The monoisotopic (exact) mass is 246 g/mol. The molecule has 0 N–H and O–H groups in total. The Morgan fingerprint density at radius 3 is 2.31 bits per heavy atom. The lowest BCUT2D eigenvalue weighted by Gasteiger charge is -2.12. The number of carbonyl (C=O) groups is 1. The van der Waals surface area contributed by atoms with Crippen LogP contribution in [0.3, 0.4) is 0 Å². The third kappa shape index (κ3) is 3.89. The fourth-order valence-electron chi connectivity index (χ4n) is 1.59. The van der Waals surface area contributed by atoms with E-state index in [2.05, 4.69) is 0 Å². The van der Waals surface area contributed by atoms with Gasteiger partial charge in [-0.2, -0.15) is 0 Å². The van der Waals surface area contributed by atoms with E-state index in [4.69, 9.17) is 11.6 Å². The molecule has 0 radical (unpaired) electrons. The van der Waals surface area contributed by atoms with Gasteiger partial charge in [0.1, 0.15) is 17.4 Å². The van der Waals surface area contributed by atoms with Crippen LogP contribution in [0.1, 0.15) is 18.9 Å². The summed E-state index contributed by atoms with van der Waals surface area (Å²) < 4.78 is 25.8. The van der Waals surface area contributed by atoms with Crippen molar-refractivity contribution in [1.82, 2.24) is 0 Å². The van der Waals surface area contributed by atoms with Crippen molar-refractivity contribution in [2.75, 3.05) is 5.88 Å². The van der Waals surface area contributed by atoms with Crippen molar-refractivity contribution in [3.63, 3.8) is 0 Å². The van der Waals surface area contributed by atoms with E-state index in [9.17, 15) is 13.6 Å². The molecular weight excluding hydrogens is 234 g/mol. The first-order valence-electron chi connectivity index (χ1n) is 5.04. The van der Waals surface area contributed by atoms with Crippen molar-refractivity contribution in [1.29, 1.82) is 0 Å². The van der Waals surface area contributed by atoms with Crippen LogP contribution < -0.4 is 0 Å². The average Bonchev–Trinajstić information content (AvgIpc) is 2.15. The molecule has 1 aromatic carbocycles. The maximum absolute atomic E-state index is 12.9. The quantitative estimate of drug-likeness (QED) is 0.729. The van der Waals surface area contributed by atoms with Gasteiger partial charge < -0.3 is 0 Å². The molecule has 0 saturated carbocycles. The predicted molar refractivity (Wildman–Crippen MR) is 59.6 cm³/mol. The fourth-order valence-corrected chi connectivity index (χ4v) is 1.86. The van der Waals surface area contributed by atoms with Gasteiger partial charge in [-0.3, -0.25) is 4.79 Å². The molecule has 0 aliphatic heterocycles. The number of Topliss-reactive ketones (excluding diaryl/α,β-unsaturated/α-hetero) is 1. The van der Waals surface area contributed by atoms with Gasteiger partial charge in [-0.25, -0.2) is 8.78 Å². The molecule has 1 rings (SSSR count). The Bertz CT molecular complexity index is 359. The minimum Gasteiger partial charge on any atom is -0.300 e. The summed E-state index contributed by atoms with van der Waals surface area (Å²) in [6.45, 7) is 1.47. The standard InChI is InChI=1S/C12H13ClF2O/c1-8(16)10(2-3-13)4-9-5-11(14)7-12(15)6-9/h5-7,10H,2-4H2,1H3. The zero-order chi connectivity index (χ0) is 12.1. The van der Waals surface area contributed by atoms with Crippen LogP contribution in [0.15, 0.2) is 18.2 Å². The molecule has 0 spiro atoms. The minimum atomic E-state index is -0.622. The zero-order valence-corrected chi connectivity index (χ0v) is 9.73. The van der Waals surface area contributed by atoms with E-state index in [1.54, 1.807) is 0 Å². The first kappa shape index (κ1) is 13.1. The van der Waals surface area contributed by atoms with Gasteiger partial charge in [0.05, 0.1) is 0 Å². The summed E-state index contributed by atoms with van der Waals surface area (Å²) in [5.74, 6) is -1.16. The van der Waals surface area contributed by atoms with E-state index in [1.165, 1.54) is 19.1 Å². The second-order valence-electron chi connectivity index (χ2n) is 3.77. The van der Waals surface area contributed by atoms with Gasteiger partial charge >= 0.3 is 0 Å². The largest absolute Gasteiger partial charge is 0.300 e. The highest BCUT2D eigenvalue weighted by Crippen LogP contribution is 2.16. The number of halogens is 3. The Morgan fingerprint density at radius 1 is 1.31 bits per heavy atom. The molecule has 1 aromatic rings. The Balaban J connectivity index is 2.80. The van der Waals surface area contributed by atoms with Crippen LogP contribution in [0.25, 0.3) is 0 Å². The molecule has 0 aliphatic rings. The smallest absolute Gasteiger partial charge is 0.133 e. The van der Waals surface area contributed by atoms with E-state index in [1.807, 2.05) is 0 Å². The number of ketones is 1. The number of hydrogen-bond donors (Lipinski definition) is 0. The lowest BCUT2D eigenvalue weighted by atomic mass is 9.93. The van der Waals surface area contributed by atoms with Gasteiger partial charge in [-0.1, -0.05) is 0 Å². The molecule has 1 atom stereocenters. The summed E-state index contributed by atoms with van der Waals surface area (Å²) in [6.07, 6.45) is 0.853.